The molecular weight excluding hydrogens is 444 g/mol. The SMILES string of the molecule is Cc1ccc2oc(-c3ccc(N=Cc4cc(Cl)cc(Br)c4O)cc3O)nc2c1. The highest BCUT2D eigenvalue weighted by Crippen LogP contribution is 2.35. The summed E-state index contributed by atoms with van der Waals surface area (Å²) in [6.45, 7) is 1.98. The first kappa shape index (κ1) is 18.5. The Bertz CT molecular complexity index is 1230. The quantitative estimate of drug-likeness (QED) is 0.350. The zero-order valence-electron chi connectivity index (χ0n) is 14.6. The number of aliphatic imine (C=N–C) groups is 1. The summed E-state index contributed by atoms with van der Waals surface area (Å²) in [6, 6.07) is 13.8. The van der Waals surface area contributed by atoms with Crippen LogP contribution in [0.4, 0.5) is 5.69 Å². The van der Waals surface area contributed by atoms with E-state index < -0.39 is 0 Å². The minimum absolute atomic E-state index is 0.00516. The van der Waals surface area contributed by atoms with Crippen LogP contribution in [0.1, 0.15) is 11.1 Å². The Hall–Kier alpha value is -2.83. The standard InChI is InChI=1S/C21H14BrClN2O3/c1-11-2-5-19-17(6-11)25-21(28-19)15-4-3-14(9-18(15)26)24-10-12-7-13(23)8-16(22)20(12)27/h2-10,26-27H,1H3. The molecule has 0 amide bonds. The van der Waals surface area contributed by atoms with Gasteiger partial charge in [0.25, 0.3) is 0 Å². The van der Waals surface area contributed by atoms with Crippen LogP contribution in [0.25, 0.3) is 22.6 Å². The molecule has 0 atom stereocenters. The van der Waals surface area contributed by atoms with Gasteiger partial charge in [-0.3, -0.25) is 4.99 Å². The lowest BCUT2D eigenvalue weighted by Crippen LogP contribution is -1.84. The minimum Gasteiger partial charge on any atom is -0.507 e. The van der Waals surface area contributed by atoms with Crippen molar-refractivity contribution in [2.45, 2.75) is 6.92 Å². The lowest BCUT2D eigenvalue weighted by Gasteiger charge is -2.04. The Morgan fingerprint density at radius 1 is 1.11 bits per heavy atom. The van der Waals surface area contributed by atoms with Gasteiger partial charge in [-0.25, -0.2) is 4.98 Å². The molecule has 0 aliphatic carbocycles. The zero-order chi connectivity index (χ0) is 19.8. The Kier molecular flexibility index (Phi) is 4.83. The second kappa shape index (κ2) is 7.30. The fraction of sp³-hybridized carbons (Fsp3) is 0.0476. The molecule has 1 heterocycles. The summed E-state index contributed by atoms with van der Waals surface area (Å²) in [6.07, 6.45) is 1.47. The average Bonchev–Trinajstić information content (AvgIpc) is 3.06. The van der Waals surface area contributed by atoms with Gasteiger partial charge < -0.3 is 14.6 Å². The molecule has 0 aliphatic heterocycles. The van der Waals surface area contributed by atoms with Crippen LogP contribution < -0.4 is 0 Å². The number of oxazole rings is 1. The predicted octanol–water partition coefficient (Wildman–Crippen LogP) is 6.38. The zero-order valence-corrected chi connectivity index (χ0v) is 17.0. The Morgan fingerprint density at radius 2 is 1.93 bits per heavy atom. The van der Waals surface area contributed by atoms with Gasteiger partial charge in [-0.2, -0.15) is 0 Å². The van der Waals surface area contributed by atoms with E-state index in [1.807, 2.05) is 25.1 Å². The van der Waals surface area contributed by atoms with E-state index in [1.165, 1.54) is 12.3 Å². The van der Waals surface area contributed by atoms with Crippen molar-refractivity contribution in [2.24, 2.45) is 4.99 Å². The second-order valence-electron chi connectivity index (χ2n) is 6.28. The highest BCUT2D eigenvalue weighted by molar-refractivity contribution is 9.10. The normalized spacial score (nSPS) is 11.5. The highest BCUT2D eigenvalue weighted by Gasteiger charge is 2.13. The van der Waals surface area contributed by atoms with E-state index in [4.69, 9.17) is 16.0 Å². The molecule has 0 bridgehead atoms. The molecule has 5 nitrogen and oxygen atoms in total. The molecule has 0 spiro atoms. The number of halogens is 2. The summed E-state index contributed by atoms with van der Waals surface area (Å²) in [7, 11) is 0. The Labute approximate surface area is 174 Å². The molecule has 140 valence electrons. The van der Waals surface area contributed by atoms with Gasteiger partial charge in [0.05, 0.1) is 15.7 Å². The largest absolute Gasteiger partial charge is 0.507 e. The van der Waals surface area contributed by atoms with Crippen molar-refractivity contribution >= 4 is 50.5 Å². The first-order chi connectivity index (χ1) is 13.4. The molecule has 7 heteroatoms. The molecule has 3 aromatic carbocycles. The van der Waals surface area contributed by atoms with Crippen LogP contribution in [0.3, 0.4) is 0 Å². The average molecular weight is 458 g/mol. The van der Waals surface area contributed by atoms with Crippen LogP contribution in [0.2, 0.25) is 5.02 Å². The molecule has 0 saturated heterocycles. The highest BCUT2D eigenvalue weighted by atomic mass is 79.9. The number of benzene rings is 3. The molecule has 0 radical (unpaired) electrons. The van der Waals surface area contributed by atoms with Crippen molar-refractivity contribution in [3.05, 3.63) is 69.2 Å². The fourth-order valence-corrected chi connectivity index (χ4v) is 3.60. The van der Waals surface area contributed by atoms with Crippen molar-refractivity contribution in [3.8, 4) is 23.0 Å². The van der Waals surface area contributed by atoms with Gasteiger partial charge in [0, 0.05) is 22.9 Å². The summed E-state index contributed by atoms with van der Waals surface area (Å²) < 4.78 is 6.22. The molecule has 0 unspecified atom stereocenters. The summed E-state index contributed by atoms with van der Waals surface area (Å²) in [5.41, 5.74) is 3.90. The topological polar surface area (TPSA) is 78.9 Å². The van der Waals surface area contributed by atoms with Gasteiger partial charge in [0.15, 0.2) is 5.58 Å². The molecule has 4 aromatic rings. The van der Waals surface area contributed by atoms with Crippen LogP contribution in [-0.4, -0.2) is 21.4 Å². The van der Waals surface area contributed by atoms with E-state index in [0.717, 1.165) is 11.1 Å². The first-order valence-corrected chi connectivity index (χ1v) is 9.50. The van der Waals surface area contributed by atoms with Gasteiger partial charge in [-0.05, 0) is 64.8 Å². The van der Waals surface area contributed by atoms with Crippen LogP contribution in [0, 0.1) is 6.92 Å². The van der Waals surface area contributed by atoms with Crippen molar-refractivity contribution in [1.82, 2.24) is 4.98 Å². The molecule has 4 rings (SSSR count). The maximum Gasteiger partial charge on any atom is 0.231 e. The van der Waals surface area contributed by atoms with E-state index in [0.29, 0.717) is 37.8 Å². The van der Waals surface area contributed by atoms with Crippen molar-refractivity contribution < 1.29 is 14.6 Å². The molecule has 2 N–H and O–H groups in total. The van der Waals surface area contributed by atoms with Crippen LogP contribution >= 0.6 is 27.5 Å². The lowest BCUT2D eigenvalue weighted by atomic mass is 10.1. The van der Waals surface area contributed by atoms with Crippen LogP contribution in [-0.2, 0) is 0 Å². The minimum atomic E-state index is -0.00516. The fourth-order valence-electron chi connectivity index (χ4n) is 2.76. The van der Waals surface area contributed by atoms with Gasteiger partial charge in [0.1, 0.15) is 17.0 Å². The number of aryl methyl sites for hydroxylation is 1. The summed E-state index contributed by atoms with van der Waals surface area (Å²) in [5.74, 6) is 0.371. The molecule has 0 fully saturated rings. The number of fused-ring (bicyclic) bond motifs is 1. The molecule has 1 aromatic heterocycles. The summed E-state index contributed by atoms with van der Waals surface area (Å²) in [5, 5.41) is 20.9. The number of phenols is 2. The number of hydrogen-bond donors (Lipinski definition) is 2. The van der Waals surface area contributed by atoms with Crippen molar-refractivity contribution in [2.75, 3.05) is 0 Å². The predicted molar refractivity (Wildman–Crippen MR) is 114 cm³/mol. The third-order valence-corrected chi connectivity index (χ3v) is 4.99. The summed E-state index contributed by atoms with van der Waals surface area (Å²) in [4.78, 5) is 8.73. The molecular formula is C21H14BrClN2O3. The summed E-state index contributed by atoms with van der Waals surface area (Å²) >= 11 is 9.24. The number of nitrogens with zero attached hydrogens (tertiary/aromatic N) is 2. The van der Waals surface area contributed by atoms with E-state index >= 15 is 0 Å². The molecule has 0 saturated carbocycles. The number of aromatic nitrogens is 1. The van der Waals surface area contributed by atoms with Crippen LogP contribution in [0.15, 0.2) is 62.4 Å². The maximum absolute atomic E-state index is 10.4. The van der Waals surface area contributed by atoms with E-state index in [1.54, 1.807) is 24.3 Å². The second-order valence-corrected chi connectivity index (χ2v) is 7.57. The number of aromatic hydroxyl groups is 2. The monoisotopic (exact) mass is 456 g/mol. The third-order valence-electron chi connectivity index (χ3n) is 4.17. The van der Waals surface area contributed by atoms with Crippen LogP contribution in [0.5, 0.6) is 11.5 Å². The maximum atomic E-state index is 10.4. The van der Waals surface area contributed by atoms with E-state index in [-0.39, 0.29) is 11.5 Å². The van der Waals surface area contributed by atoms with Gasteiger partial charge in [-0.15, -0.1) is 0 Å². The van der Waals surface area contributed by atoms with Gasteiger partial charge in [0.2, 0.25) is 5.89 Å². The molecule has 0 aliphatic rings. The first-order valence-electron chi connectivity index (χ1n) is 8.33. The Balaban J connectivity index is 1.66. The molecule has 28 heavy (non-hydrogen) atoms. The van der Waals surface area contributed by atoms with Gasteiger partial charge >= 0.3 is 0 Å². The van der Waals surface area contributed by atoms with Gasteiger partial charge in [-0.1, -0.05) is 17.7 Å². The number of phenolic OH excluding ortho intramolecular Hbond substituents is 2. The smallest absolute Gasteiger partial charge is 0.231 e. The number of hydrogen-bond acceptors (Lipinski definition) is 5. The third kappa shape index (κ3) is 3.61. The lowest BCUT2D eigenvalue weighted by molar-refractivity contribution is 0.471. The number of rotatable bonds is 3. The van der Waals surface area contributed by atoms with Crippen molar-refractivity contribution in [3.63, 3.8) is 0 Å². The van der Waals surface area contributed by atoms with E-state index in [9.17, 15) is 10.2 Å². The van der Waals surface area contributed by atoms with E-state index in [2.05, 4.69) is 25.9 Å². The Morgan fingerprint density at radius 3 is 2.71 bits per heavy atom. The van der Waals surface area contributed by atoms with Crippen molar-refractivity contribution in [1.29, 1.82) is 0 Å².